The molecule has 0 aliphatic rings. The number of esters is 1. The van der Waals surface area contributed by atoms with Crippen molar-refractivity contribution >= 4 is 23.6 Å². The third-order valence-electron chi connectivity index (χ3n) is 3.65. The van der Waals surface area contributed by atoms with Gasteiger partial charge in [0.2, 0.25) is 0 Å². The van der Waals surface area contributed by atoms with E-state index in [2.05, 4.69) is 10.6 Å². The van der Waals surface area contributed by atoms with Crippen molar-refractivity contribution in [2.45, 2.75) is 45.6 Å². The Morgan fingerprint density at radius 1 is 1.19 bits per heavy atom. The van der Waals surface area contributed by atoms with E-state index in [4.69, 9.17) is 15.2 Å². The Balaban J connectivity index is 2.36. The molecule has 0 aliphatic heterocycles. The fourth-order valence-corrected chi connectivity index (χ4v) is 2.25. The summed E-state index contributed by atoms with van der Waals surface area (Å²) in [6.45, 7) is 3.89. The van der Waals surface area contributed by atoms with Crippen LogP contribution in [0.5, 0.6) is 5.75 Å². The SMILES string of the molecule is COc1ccc(C)cc1NC(=O)[C@H](C)OC(=O)CCCCCNC(N)=O. The number of methoxy groups -OCH3 is 1. The van der Waals surface area contributed by atoms with Crippen LogP contribution in [0.15, 0.2) is 18.2 Å². The van der Waals surface area contributed by atoms with E-state index in [1.165, 1.54) is 14.0 Å². The summed E-state index contributed by atoms with van der Waals surface area (Å²) in [5.41, 5.74) is 6.45. The fourth-order valence-electron chi connectivity index (χ4n) is 2.25. The van der Waals surface area contributed by atoms with Gasteiger partial charge in [-0.2, -0.15) is 0 Å². The van der Waals surface area contributed by atoms with E-state index in [1.54, 1.807) is 12.1 Å². The first-order chi connectivity index (χ1) is 12.3. The number of nitrogens with one attached hydrogen (secondary N) is 2. The van der Waals surface area contributed by atoms with Crippen molar-refractivity contribution in [2.24, 2.45) is 5.73 Å². The quantitative estimate of drug-likeness (QED) is 0.433. The van der Waals surface area contributed by atoms with Gasteiger partial charge >= 0.3 is 12.0 Å². The van der Waals surface area contributed by atoms with Crippen molar-refractivity contribution in [3.05, 3.63) is 23.8 Å². The van der Waals surface area contributed by atoms with E-state index in [0.29, 0.717) is 24.4 Å². The minimum absolute atomic E-state index is 0.210. The third-order valence-corrected chi connectivity index (χ3v) is 3.65. The first-order valence-electron chi connectivity index (χ1n) is 8.51. The van der Waals surface area contributed by atoms with Crippen LogP contribution in [0.25, 0.3) is 0 Å². The molecule has 3 amide bonds. The highest BCUT2D eigenvalue weighted by Gasteiger charge is 2.19. The summed E-state index contributed by atoms with van der Waals surface area (Å²) in [5.74, 6) is -0.327. The number of anilines is 1. The van der Waals surface area contributed by atoms with E-state index in [1.807, 2.05) is 13.0 Å². The van der Waals surface area contributed by atoms with Crippen LogP contribution in [-0.4, -0.2) is 37.7 Å². The van der Waals surface area contributed by atoms with Gasteiger partial charge in [0.15, 0.2) is 6.10 Å². The van der Waals surface area contributed by atoms with Gasteiger partial charge < -0.3 is 25.8 Å². The number of nitrogens with two attached hydrogens (primary N) is 1. The second kappa shape index (κ2) is 11.0. The van der Waals surface area contributed by atoms with E-state index < -0.39 is 24.0 Å². The molecule has 144 valence electrons. The van der Waals surface area contributed by atoms with E-state index in [0.717, 1.165) is 18.4 Å². The Morgan fingerprint density at radius 2 is 1.92 bits per heavy atom. The summed E-state index contributed by atoms with van der Waals surface area (Å²) in [6.07, 6.45) is 1.38. The van der Waals surface area contributed by atoms with Crippen molar-refractivity contribution in [1.82, 2.24) is 5.32 Å². The van der Waals surface area contributed by atoms with Crippen molar-refractivity contribution in [1.29, 1.82) is 0 Å². The molecule has 0 bridgehead atoms. The number of urea groups is 1. The molecule has 0 spiro atoms. The minimum Gasteiger partial charge on any atom is -0.495 e. The Morgan fingerprint density at radius 3 is 2.58 bits per heavy atom. The van der Waals surface area contributed by atoms with Gasteiger partial charge in [-0.3, -0.25) is 9.59 Å². The molecule has 0 aliphatic carbocycles. The number of amides is 3. The number of aryl methyl sites for hydroxylation is 1. The maximum Gasteiger partial charge on any atom is 0.312 e. The molecule has 1 rings (SSSR count). The normalized spacial score (nSPS) is 11.3. The van der Waals surface area contributed by atoms with Crippen molar-refractivity contribution in [3.8, 4) is 5.75 Å². The van der Waals surface area contributed by atoms with E-state index >= 15 is 0 Å². The van der Waals surface area contributed by atoms with Crippen LogP contribution in [0.2, 0.25) is 0 Å². The molecule has 0 heterocycles. The maximum absolute atomic E-state index is 12.2. The van der Waals surface area contributed by atoms with Crippen LogP contribution < -0.4 is 21.1 Å². The van der Waals surface area contributed by atoms with E-state index in [9.17, 15) is 14.4 Å². The summed E-state index contributed by atoms with van der Waals surface area (Å²) < 4.78 is 10.4. The zero-order valence-corrected chi connectivity index (χ0v) is 15.5. The summed E-state index contributed by atoms with van der Waals surface area (Å²) in [4.78, 5) is 34.5. The number of hydrogen-bond acceptors (Lipinski definition) is 5. The molecule has 0 aromatic heterocycles. The molecule has 1 aromatic rings. The molecule has 0 saturated carbocycles. The summed E-state index contributed by atoms with van der Waals surface area (Å²) >= 11 is 0. The highest BCUT2D eigenvalue weighted by Crippen LogP contribution is 2.25. The number of ether oxygens (including phenoxy) is 2. The summed E-state index contributed by atoms with van der Waals surface area (Å²) in [5, 5.41) is 5.19. The molecule has 8 nitrogen and oxygen atoms in total. The predicted molar refractivity (Wildman–Crippen MR) is 98.0 cm³/mol. The van der Waals surface area contributed by atoms with Crippen molar-refractivity contribution < 1.29 is 23.9 Å². The largest absolute Gasteiger partial charge is 0.495 e. The van der Waals surface area contributed by atoms with Gasteiger partial charge in [-0.1, -0.05) is 12.5 Å². The molecule has 0 unspecified atom stereocenters. The van der Waals surface area contributed by atoms with E-state index in [-0.39, 0.29) is 6.42 Å². The molecule has 0 radical (unpaired) electrons. The molecular formula is C18H27N3O5. The van der Waals surface area contributed by atoms with Gasteiger partial charge in [-0.25, -0.2) is 4.79 Å². The molecule has 1 atom stereocenters. The predicted octanol–water partition coefficient (Wildman–Crippen LogP) is 2.10. The number of carbonyl (C=O) groups is 3. The third kappa shape index (κ3) is 7.87. The molecule has 4 N–H and O–H groups in total. The lowest BCUT2D eigenvalue weighted by molar-refractivity contribution is -0.153. The second-order valence-corrected chi connectivity index (χ2v) is 5.93. The number of carbonyl (C=O) groups excluding carboxylic acids is 3. The summed E-state index contributed by atoms with van der Waals surface area (Å²) in [6, 6.07) is 4.85. The average molecular weight is 365 g/mol. The van der Waals surface area contributed by atoms with Gasteiger partial charge in [0.1, 0.15) is 5.75 Å². The van der Waals surface area contributed by atoms with Gasteiger partial charge in [0.05, 0.1) is 12.8 Å². The lowest BCUT2D eigenvalue weighted by Crippen LogP contribution is -2.30. The number of rotatable bonds is 10. The first kappa shape index (κ1) is 21.3. The Hall–Kier alpha value is -2.77. The molecule has 8 heteroatoms. The highest BCUT2D eigenvalue weighted by molar-refractivity contribution is 5.96. The Bertz CT molecular complexity index is 633. The number of unbranched alkanes of at least 4 members (excludes halogenated alkanes) is 2. The zero-order chi connectivity index (χ0) is 19.5. The molecule has 26 heavy (non-hydrogen) atoms. The standard InChI is InChI=1S/C18H27N3O5/c1-12-8-9-15(25-3)14(11-12)21-17(23)13(2)26-16(22)7-5-4-6-10-20-18(19)24/h8-9,11,13H,4-7,10H2,1-3H3,(H,21,23)(H3,19,20,24)/t13-/m0/s1. The summed E-state index contributed by atoms with van der Waals surface area (Å²) in [7, 11) is 1.52. The lowest BCUT2D eigenvalue weighted by atomic mass is 10.2. The van der Waals surface area contributed by atoms with Crippen molar-refractivity contribution in [3.63, 3.8) is 0 Å². The topological polar surface area (TPSA) is 120 Å². The zero-order valence-electron chi connectivity index (χ0n) is 15.5. The molecule has 0 saturated heterocycles. The van der Waals surface area contributed by atoms with Gasteiger partial charge in [0.25, 0.3) is 5.91 Å². The van der Waals surface area contributed by atoms with Crippen LogP contribution in [0, 0.1) is 6.92 Å². The average Bonchev–Trinajstić information content (AvgIpc) is 2.57. The van der Waals surface area contributed by atoms with Crippen LogP contribution in [0.3, 0.4) is 0 Å². The van der Waals surface area contributed by atoms with Crippen LogP contribution >= 0.6 is 0 Å². The number of primary amides is 1. The van der Waals surface area contributed by atoms with Gasteiger partial charge in [0, 0.05) is 13.0 Å². The Labute approximate surface area is 153 Å². The highest BCUT2D eigenvalue weighted by atomic mass is 16.5. The van der Waals surface area contributed by atoms with Crippen LogP contribution in [-0.2, 0) is 14.3 Å². The second-order valence-electron chi connectivity index (χ2n) is 5.93. The minimum atomic E-state index is -0.913. The molecule has 1 aromatic carbocycles. The van der Waals surface area contributed by atoms with Crippen LogP contribution in [0.1, 0.15) is 38.2 Å². The maximum atomic E-state index is 12.2. The molecule has 0 fully saturated rings. The van der Waals surface area contributed by atoms with Crippen LogP contribution in [0.4, 0.5) is 10.5 Å². The number of benzene rings is 1. The fraction of sp³-hybridized carbons (Fsp3) is 0.500. The van der Waals surface area contributed by atoms with Gasteiger partial charge in [-0.05, 0) is 44.4 Å². The smallest absolute Gasteiger partial charge is 0.312 e. The molecular weight excluding hydrogens is 338 g/mol. The monoisotopic (exact) mass is 365 g/mol. The Kier molecular flexibility index (Phi) is 8.97. The van der Waals surface area contributed by atoms with Gasteiger partial charge in [-0.15, -0.1) is 0 Å². The number of hydrogen-bond donors (Lipinski definition) is 3. The van der Waals surface area contributed by atoms with Crippen molar-refractivity contribution in [2.75, 3.05) is 19.0 Å². The first-order valence-corrected chi connectivity index (χ1v) is 8.51. The lowest BCUT2D eigenvalue weighted by Gasteiger charge is -2.15.